The molecule has 0 saturated carbocycles. The second-order valence-corrected chi connectivity index (χ2v) is 7.14. The van der Waals surface area contributed by atoms with Crippen molar-refractivity contribution < 1.29 is 4.79 Å². The maximum Gasteiger partial charge on any atom is 0.317 e. The van der Waals surface area contributed by atoms with Gasteiger partial charge in [0.1, 0.15) is 0 Å². The van der Waals surface area contributed by atoms with Crippen LogP contribution in [0.15, 0.2) is 47.8 Å². The summed E-state index contributed by atoms with van der Waals surface area (Å²) >= 11 is 1.71. The van der Waals surface area contributed by atoms with Crippen molar-refractivity contribution in [2.75, 3.05) is 19.6 Å². The molecule has 2 amide bonds. The Morgan fingerprint density at radius 2 is 1.96 bits per heavy atom. The largest absolute Gasteiger partial charge is 0.338 e. The fourth-order valence-electron chi connectivity index (χ4n) is 3.17. The number of nitrogens with zero attached hydrogens (tertiary/aromatic N) is 2. The van der Waals surface area contributed by atoms with Gasteiger partial charge in [-0.25, -0.2) is 4.79 Å². The van der Waals surface area contributed by atoms with Crippen molar-refractivity contribution in [1.82, 2.24) is 10.2 Å². The first-order valence-corrected chi connectivity index (χ1v) is 9.13. The van der Waals surface area contributed by atoms with E-state index in [4.69, 9.17) is 0 Å². The molecule has 1 aliphatic heterocycles. The van der Waals surface area contributed by atoms with Crippen molar-refractivity contribution >= 4 is 17.4 Å². The van der Waals surface area contributed by atoms with Crippen LogP contribution in [0.5, 0.6) is 0 Å². The number of hydrogen-bond acceptors (Lipinski definition) is 3. The fraction of sp³-hybridized carbons (Fsp3) is 0.368. The zero-order chi connectivity index (χ0) is 16.8. The average molecular weight is 339 g/mol. The summed E-state index contributed by atoms with van der Waals surface area (Å²) in [5.41, 5.74) is 0.597. The van der Waals surface area contributed by atoms with Crippen LogP contribution >= 0.6 is 11.3 Å². The average Bonchev–Trinajstić information content (AvgIpc) is 3.16. The van der Waals surface area contributed by atoms with Crippen LogP contribution in [0.3, 0.4) is 0 Å². The van der Waals surface area contributed by atoms with E-state index in [0.29, 0.717) is 32.5 Å². The molecule has 0 unspecified atom stereocenters. The number of urea groups is 1. The Hall–Kier alpha value is -2.32. The topological polar surface area (TPSA) is 56.1 Å². The number of likely N-dealkylation sites (tertiary alicyclic amines) is 1. The molecule has 3 rings (SSSR count). The molecule has 124 valence electrons. The molecule has 4 nitrogen and oxygen atoms in total. The Morgan fingerprint density at radius 3 is 2.58 bits per heavy atom. The van der Waals surface area contributed by atoms with E-state index in [9.17, 15) is 10.1 Å². The summed E-state index contributed by atoms with van der Waals surface area (Å²) in [6.45, 7) is 1.89. The smallest absolute Gasteiger partial charge is 0.317 e. The van der Waals surface area contributed by atoms with E-state index < -0.39 is 5.41 Å². The summed E-state index contributed by atoms with van der Waals surface area (Å²) in [6, 6.07) is 16.5. The highest BCUT2D eigenvalue weighted by molar-refractivity contribution is 7.09. The summed E-state index contributed by atoms with van der Waals surface area (Å²) in [5, 5.41) is 14.7. The van der Waals surface area contributed by atoms with Gasteiger partial charge < -0.3 is 10.2 Å². The van der Waals surface area contributed by atoms with E-state index >= 15 is 0 Å². The maximum absolute atomic E-state index is 12.3. The zero-order valence-corrected chi connectivity index (χ0v) is 14.4. The molecule has 1 fully saturated rings. The van der Waals surface area contributed by atoms with Gasteiger partial charge in [0.2, 0.25) is 0 Å². The van der Waals surface area contributed by atoms with Crippen molar-refractivity contribution in [3.8, 4) is 6.07 Å². The first-order valence-electron chi connectivity index (χ1n) is 8.25. The first kappa shape index (κ1) is 16.5. The molecule has 2 aromatic rings. The van der Waals surface area contributed by atoms with Gasteiger partial charge in [-0.15, -0.1) is 11.3 Å². The predicted molar refractivity (Wildman–Crippen MR) is 96.0 cm³/mol. The Morgan fingerprint density at radius 1 is 1.21 bits per heavy atom. The number of rotatable bonds is 4. The Balaban J connectivity index is 1.52. The van der Waals surface area contributed by atoms with Crippen LogP contribution < -0.4 is 5.32 Å². The summed E-state index contributed by atoms with van der Waals surface area (Å²) in [5.74, 6) is 0. The van der Waals surface area contributed by atoms with Crippen molar-refractivity contribution in [1.29, 1.82) is 5.26 Å². The number of benzene rings is 1. The monoisotopic (exact) mass is 339 g/mol. The number of carbonyl (C=O) groups excluding carboxylic acids is 1. The molecule has 2 heterocycles. The number of thiophene rings is 1. The van der Waals surface area contributed by atoms with Crippen molar-refractivity contribution in [3.63, 3.8) is 0 Å². The number of nitriles is 1. The summed E-state index contributed by atoms with van der Waals surface area (Å²) in [7, 11) is 0. The molecular weight excluding hydrogens is 318 g/mol. The molecule has 0 spiro atoms. The standard InChI is InChI=1S/C19H21N3OS/c20-15-19(16-5-2-1-3-6-16)9-12-22(13-10-19)18(23)21-11-8-17-7-4-14-24-17/h1-7,14H,8-13H2,(H,21,23). The molecule has 0 atom stereocenters. The van der Waals surface area contributed by atoms with Crippen LogP contribution in [-0.4, -0.2) is 30.6 Å². The highest BCUT2D eigenvalue weighted by Crippen LogP contribution is 2.34. The van der Waals surface area contributed by atoms with Crippen molar-refractivity contribution in [2.24, 2.45) is 0 Å². The minimum absolute atomic E-state index is 0.0221. The van der Waals surface area contributed by atoms with Gasteiger partial charge in [-0.1, -0.05) is 36.4 Å². The second-order valence-electron chi connectivity index (χ2n) is 6.11. The molecule has 0 bridgehead atoms. The third-order valence-electron chi connectivity index (χ3n) is 4.67. The highest BCUT2D eigenvalue weighted by Gasteiger charge is 2.37. The summed E-state index contributed by atoms with van der Waals surface area (Å²) in [4.78, 5) is 15.4. The number of piperidine rings is 1. The van der Waals surface area contributed by atoms with E-state index in [1.807, 2.05) is 46.7 Å². The zero-order valence-electron chi connectivity index (χ0n) is 13.6. The number of carbonyl (C=O) groups is 1. The van der Waals surface area contributed by atoms with Gasteiger partial charge in [-0.2, -0.15) is 5.26 Å². The van der Waals surface area contributed by atoms with E-state index in [-0.39, 0.29) is 6.03 Å². The molecule has 0 radical (unpaired) electrons. The van der Waals surface area contributed by atoms with Crippen LogP contribution in [0.4, 0.5) is 4.79 Å². The number of hydrogen-bond donors (Lipinski definition) is 1. The predicted octanol–water partition coefficient (Wildman–Crippen LogP) is 3.56. The third-order valence-corrected chi connectivity index (χ3v) is 5.61. The lowest BCUT2D eigenvalue weighted by Gasteiger charge is -2.37. The van der Waals surface area contributed by atoms with E-state index in [0.717, 1.165) is 12.0 Å². The molecule has 1 aliphatic rings. The Labute approximate surface area is 146 Å². The SMILES string of the molecule is N#CC1(c2ccccc2)CCN(C(=O)NCCc2cccs2)CC1. The lowest BCUT2D eigenvalue weighted by Crippen LogP contribution is -2.48. The molecule has 1 saturated heterocycles. The molecule has 1 aromatic carbocycles. The lowest BCUT2D eigenvalue weighted by atomic mass is 9.74. The van der Waals surface area contributed by atoms with Gasteiger partial charge in [0.25, 0.3) is 0 Å². The molecule has 5 heteroatoms. The first-order chi connectivity index (χ1) is 11.7. The Kier molecular flexibility index (Phi) is 5.17. The van der Waals surface area contributed by atoms with E-state index in [2.05, 4.69) is 17.5 Å². The number of nitrogens with one attached hydrogen (secondary N) is 1. The van der Waals surface area contributed by atoms with Crippen LogP contribution in [0.1, 0.15) is 23.3 Å². The highest BCUT2D eigenvalue weighted by atomic mass is 32.1. The van der Waals surface area contributed by atoms with Crippen molar-refractivity contribution in [2.45, 2.75) is 24.7 Å². The van der Waals surface area contributed by atoms with E-state index in [1.54, 1.807) is 11.3 Å². The number of amides is 2. The van der Waals surface area contributed by atoms with Crippen LogP contribution in [0.2, 0.25) is 0 Å². The van der Waals surface area contributed by atoms with Crippen LogP contribution in [-0.2, 0) is 11.8 Å². The maximum atomic E-state index is 12.3. The van der Waals surface area contributed by atoms with Crippen molar-refractivity contribution in [3.05, 3.63) is 58.3 Å². The molecule has 0 aliphatic carbocycles. The third kappa shape index (κ3) is 3.60. The van der Waals surface area contributed by atoms with Crippen LogP contribution in [0.25, 0.3) is 0 Å². The molecule has 1 N–H and O–H groups in total. The minimum Gasteiger partial charge on any atom is -0.338 e. The van der Waals surface area contributed by atoms with Gasteiger partial charge in [-0.3, -0.25) is 0 Å². The second kappa shape index (κ2) is 7.50. The van der Waals surface area contributed by atoms with Gasteiger partial charge in [0.05, 0.1) is 11.5 Å². The van der Waals surface area contributed by atoms with E-state index in [1.165, 1.54) is 4.88 Å². The normalized spacial score (nSPS) is 16.4. The van der Waals surface area contributed by atoms with Gasteiger partial charge in [0.15, 0.2) is 0 Å². The van der Waals surface area contributed by atoms with Gasteiger partial charge in [0, 0.05) is 24.5 Å². The van der Waals surface area contributed by atoms with Gasteiger partial charge >= 0.3 is 6.03 Å². The minimum atomic E-state index is -0.463. The molecule has 1 aromatic heterocycles. The Bertz CT molecular complexity index is 698. The quantitative estimate of drug-likeness (QED) is 0.926. The fourth-order valence-corrected chi connectivity index (χ4v) is 3.88. The summed E-state index contributed by atoms with van der Waals surface area (Å²) in [6.07, 6.45) is 2.24. The molecule has 24 heavy (non-hydrogen) atoms. The summed E-state index contributed by atoms with van der Waals surface area (Å²) < 4.78 is 0. The lowest BCUT2D eigenvalue weighted by molar-refractivity contribution is 0.171. The van der Waals surface area contributed by atoms with Crippen LogP contribution in [0, 0.1) is 11.3 Å². The molecular formula is C19H21N3OS. The van der Waals surface area contributed by atoms with Gasteiger partial charge in [-0.05, 0) is 36.3 Å².